The van der Waals surface area contributed by atoms with E-state index in [-0.39, 0.29) is 0 Å². The van der Waals surface area contributed by atoms with E-state index in [0.717, 1.165) is 23.3 Å². The maximum atomic E-state index is 4.19. The summed E-state index contributed by atoms with van der Waals surface area (Å²) in [5.74, 6) is 0. The average Bonchev–Trinajstić information content (AvgIpc) is 3.20. The summed E-state index contributed by atoms with van der Waals surface area (Å²) >= 11 is 1.80. The summed E-state index contributed by atoms with van der Waals surface area (Å²) in [5.41, 5.74) is 6.79. The minimum absolute atomic E-state index is 0.913. The highest BCUT2D eigenvalue weighted by Gasteiger charge is 2.17. The van der Waals surface area contributed by atoms with Gasteiger partial charge in [-0.05, 0) is 53.0 Å². The number of hydrogen-bond acceptors (Lipinski definition) is 2. The molecule has 160 valence electrons. The van der Waals surface area contributed by atoms with Gasteiger partial charge in [0, 0.05) is 27.5 Å². The van der Waals surface area contributed by atoms with Crippen LogP contribution in [0.25, 0.3) is 16.2 Å². The number of hydrogen-bond donors (Lipinski definition) is 0. The second-order valence-corrected chi connectivity index (χ2v) is 9.13. The molecule has 0 atom stereocenters. The van der Waals surface area contributed by atoms with Gasteiger partial charge in [-0.15, -0.1) is 11.3 Å². The second kappa shape index (κ2) is 9.32. The summed E-state index contributed by atoms with van der Waals surface area (Å²) in [7, 11) is 0. The van der Waals surface area contributed by atoms with Crippen LogP contribution in [0.4, 0.5) is 10.7 Å². The maximum Gasteiger partial charge on any atom is 0.108 e. The molecule has 33 heavy (non-hydrogen) atoms. The van der Waals surface area contributed by atoms with E-state index in [2.05, 4.69) is 121 Å². The van der Waals surface area contributed by atoms with Gasteiger partial charge >= 0.3 is 0 Å². The maximum absolute atomic E-state index is 4.19. The molecule has 2 heterocycles. The fraction of sp³-hybridized carbons (Fsp3) is 0.0323. The number of nitrogens with zero attached hydrogens (tertiary/aromatic N) is 1. The van der Waals surface area contributed by atoms with Crippen LogP contribution in [0.5, 0.6) is 0 Å². The third kappa shape index (κ3) is 4.52. The quantitative estimate of drug-likeness (QED) is 0.306. The molecule has 5 rings (SSSR count). The molecule has 4 aromatic rings. The molecule has 0 saturated heterocycles. The van der Waals surface area contributed by atoms with Crippen LogP contribution in [-0.4, -0.2) is 0 Å². The highest BCUT2D eigenvalue weighted by Crippen LogP contribution is 2.42. The number of benzene rings is 3. The molecule has 0 radical (unpaired) electrons. The monoisotopic (exact) mass is 443 g/mol. The smallest absolute Gasteiger partial charge is 0.108 e. The lowest BCUT2D eigenvalue weighted by atomic mass is 10.0. The summed E-state index contributed by atoms with van der Waals surface area (Å²) in [5, 5.41) is 2.44. The van der Waals surface area contributed by atoms with Crippen molar-refractivity contribution < 1.29 is 0 Å². The predicted molar refractivity (Wildman–Crippen MR) is 145 cm³/mol. The lowest BCUT2D eigenvalue weighted by Crippen LogP contribution is -2.08. The van der Waals surface area contributed by atoms with E-state index in [4.69, 9.17) is 0 Å². The molecule has 0 amide bonds. The Morgan fingerprint density at radius 3 is 2.18 bits per heavy atom. The van der Waals surface area contributed by atoms with Crippen LogP contribution >= 0.6 is 11.3 Å². The highest BCUT2D eigenvalue weighted by molar-refractivity contribution is 7.23. The molecular weight excluding hydrogens is 418 g/mol. The Hall–Kier alpha value is -3.88. The van der Waals surface area contributed by atoms with Gasteiger partial charge in [0.1, 0.15) is 5.00 Å². The van der Waals surface area contributed by atoms with Gasteiger partial charge in [-0.1, -0.05) is 98.1 Å². The molecular formula is C31H25NS. The molecule has 0 bridgehead atoms. The Balaban J connectivity index is 1.59. The molecule has 0 unspecified atom stereocenters. The summed E-state index contributed by atoms with van der Waals surface area (Å²) in [4.78, 5) is 2.28. The predicted octanol–water partition coefficient (Wildman–Crippen LogP) is 8.84. The second-order valence-electron chi connectivity index (χ2n) is 8.10. The van der Waals surface area contributed by atoms with Crippen molar-refractivity contribution in [3.8, 4) is 0 Å². The molecule has 1 aliphatic rings. The van der Waals surface area contributed by atoms with Crippen LogP contribution < -0.4 is 4.90 Å². The zero-order chi connectivity index (χ0) is 22.6. The molecule has 0 spiro atoms. The van der Waals surface area contributed by atoms with Gasteiger partial charge in [-0.25, -0.2) is 0 Å². The van der Waals surface area contributed by atoms with E-state index in [1.54, 1.807) is 11.3 Å². The van der Waals surface area contributed by atoms with Gasteiger partial charge in [-0.3, -0.25) is 0 Å². The van der Waals surface area contributed by atoms with Crippen LogP contribution in [0.1, 0.15) is 16.7 Å². The Bertz CT molecular complexity index is 1400. The zero-order valence-electron chi connectivity index (χ0n) is 18.4. The molecule has 0 aliphatic carbocycles. The van der Waals surface area contributed by atoms with Crippen LogP contribution in [0.2, 0.25) is 0 Å². The van der Waals surface area contributed by atoms with Crippen molar-refractivity contribution in [1.29, 1.82) is 0 Å². The van der Waals surface area contributed by atoms with E-state index in [9.17, 15) is 0 Å². The molecule has 1 aromatic heterocycles. The number of anilines is 2. The Labute approximate surface area is 199 Å². The lowest BCUT2D eigenvalue weighted by molar-refractivity contribution is 1.19. The minimum atomic E-state index is 0.913. The van der Waals surface area contributed by atoms with Gasteiger partial charge in [0.25, 0.3) is 0 Å². The summed E-state index contributed by atoms with van der Waals surface area (Å²) in [6.07, 6.45) is 13.4. The van der Waals surface area contributed by atoms with Gasteiger partial charge in [0.05, 0.1) is 0 Å². The van der Waals surface area contributed by atoms with Gasteiger partial charge in [0.2, 0.25) is 0 Å². The first-order chi connectivity index (χ1) is 16.2. The van der Waals surface area contributed by atoms with Crippen molar-refractivity contribution >= 4 is 38.2 Å². The van der Waals surface area contributed by atoms with Crippen LogP contribution in [0.15, 0.2) is 134 Å². The Morgan fingerprint density at radius 2 is 1.36 bits per heavy atom. The van der Waals surface area contributed by atoms with E-state index in [1.165, 1.54) is 31.8 Å². The first-order valence-electron chi connectivity index (χ1n) is 11.0. The Morgan fingerprint density at radius 1 is 0.667 bits per heavy atom. The molecule has 1 nitrogen and oxygen atoms in total. The van der Waals surface area contributed by atoms with E-state index in [1.807, 2.05) is 12.2 Å². The Kier molecular flexibility index (Phi) is 5.93. The fourth-order valence-corrected chi connectivity index (χ4v) is 5.17. The van der Waals surface area contributed by atoms with E-state index >= 15 is 0 Å². The van der Waals surface area contributed by atoms with Crippen molar-refractivity contribution in [2.75, 3.05) is 4.90 Å². The average molecular weight is 444 g/mol. The summed E-state index contributed by atoms with van der Waals surface area (Å²) in [6, 6.07) is 28.0. The third-order valence-corrected chi connectivity index (χ3v) is 6.99. The standard InChI is InChI=1S/C31H25NS/c1-23-10-8-9-21-32(27-18-16-26(17-19-27)22-25-11-4-3-5-12-25)31-29(20-15-24(23)2)28-13-6-7-14-30(28)33-31/h3-21H,1-2,22H2/b10-8-,20-15-,21-9-. The van der Waals surface area contributed by atoms with Crippen LogP contribution in [0, 0.1) is 0 Å². The molecule has 0 saturated carbocycles. The summed E-state index contributed by atoms with van der Waals surface area (Å²) in [6.45, 7) is 8.33. The molecule has 2 heteroatoms. The van der Waals surface area contributed by atoms with E-state index in [0.29, 0.717) is 0 Å². The zero-order valence-corrected chi connectivity index (χ0v) is 19.3. The number of rotatable bonds is 3. The van der Waals surface area contributed by atoms with Crippen molar-refractivity contribution in [2.24, 2.45) is 0 Å². The number of thiophene rings is 1. The normalized spacial score (nSPS) is 16.8. The largest absolute Gasteiger partial charge is 0.308 e. The van der Waals surface area contributed by atoms with Gasteiger partial charge in [-0.2, -0.15) is 0 Å². The highest BCUT2D eigenvalue weighted by atomic mass is 32.1. The van der Waals surface area contributed by atoms with Gasteiger partial charge in [0.15, 0.2) is 0 Å². The number of fused-ring (bicyclic) bond motifs is 3. The SMILES string of the molecule is C=C1/C=C\C=C/N(c2ccc(Cc3ccccc3)cc2)c2sc3ccccc3c2/C=C\C1=C. The first-order valence-corrected chi connectivity index (χ1v) is 11.9. The first kappa shape index (κ1) is 21.0. The van der Waals surface area contributed by atoms with Crippen LogP contribution in [0.3, 0.4) is 0 Å². The van der Waals surface area contributed by atoms with Crippen molar-refractivity contribution in [3.63, 3.8) is 0 Å². The lowest BCUT2D eigenvalue weighted by Gasteiger charge is -2.20. The van der Waals surface area contributed by atoms with E-state index < -0.39 is 0 Å². The third-order valence-electron chi connectivity index (χ3n) is 5.81. The fourth-order valence-electron chi connectivity index (χ4n) is 3.97. The minimum Gasteiger partial charge on any atom is -0.308 e. The van der Waals surface area contributed by atoms with Crippen LogP contribution in [-0.2, 0) is 6.42 Å². The molecule has 0 fully saturated rings. The van der Waals surface area contributed by atoms with Crippen molar-refractivity contribution in [3.05, 3.63) is 150 Å². The van der Waals surface area contributed by atoms with Crippen molar-refractivity contribution in [2.45, 2.75) is 6.42 Å². The molecule has 3 aromatic carbocycles. The molecule has 1 aliphatic heterocycles. The van der Waals surface area contributed by atoms with Crippen molar-refractivity contribution in [1.82, 2.24) is 0 Å². The summed E-state index contributed by atoms with van der Waals surface area (Å²) < 4.78 is 1.27. The number of allylic oxidation sites excluding steroid dienone is 6. The molecule has 0 N–H and O–H groups in total. The topological polar surface area (TPSA) is 3.24 Å². The van der Waals surface area contributed by atoms with Gasteiger partial charge < -0.3 is 4.90 Å².